The van der Waals surface area contributed by atoms with Crippen LogP contribution in [0.4, 0.5) is 0 Å². The first-order chi connectivity index (χ1) is 8.49. The third-order valence-electron chi connectivity index (χ3n) is 2.66. The standard InChI is InChI=1S/C14H21NO3/c1-5-16-11-7-13-12(17-9-18-13)6-10(11)8-15-14(2,3)4/h6-7,15H,5,8-9H2,1-4H3. The molecule has 0 unspecified atom stereocenters. The van der Waals surface area contributed by atoms with Gasteiger partial charge in [-0.1, -0.05) is 0 Å². The van der Waals surface area contributed by atoms with Gasteiger partial charge in [-0.05, 0) is 33.8 Å². The Morgan fingerprint density at radius 1 is 1.22 bits per heavy atom. The maximum atomic E-state index is 5.65. The summed E-state index contributed by atoms with van der Waals surface area (Å²) in [5, 5.41) is 3.45. The lowest BCUT2D eigenvalue weighted by atomic mass is 10.1. The van der Waals surface area contributed by atoms with Gasteiger partial charge in [-0.15, -0.1) is 0 Å². The molecular formula is C14H21NO3. The van der Waals surface area contributed by atoms with Crippen LogP contribution in [0.3, 0.4) is 0 Å². The Kier molecular flexibility index (Phi) is 3.66. The molecule has 0 aliphatic carbocycles. The molecule has 0 aromatic heterocycles. The third kappa shape index (κ3) is 3.07. The van der Waals surface area contributed by atoms with E-state index in [2.05, 4.69) is 26.1 Å². The first kappa shape index (κ1) is 13.0. The van der Waals surface area contributed by atoms with Crippen molar-refractivity contribution in [2.24, 2.45) is 0 Å². The second-order valence-electron chi connectivity index (χ2n) is 5.35. The molecule has 0 atom stereocenters. The minimum absolute atomic E-state index is 0.0693. The minimum Gasteiger partial charge on any atom is -0.493 e. The fraction of sp³-hybridized carbons (Fsp3) is 0.571. The lowest BCUT2D eigenvalue weighted by molar-refractivity contribution is 0.173. The molecule has 1 aliphatic heterocycles. The van der Waals surface area contributed by atoms with Gasteiger partial charge in [0, 0.05) is 23.7 Å². The summed E-state index contributed by atoms with van der Waals surface area (Å²) in [6.45, 7) is 10.1. The normalized spacial score (nSPS) is 13.8. The van der Waals surface area contributed by atoms with Gasteiger partial charge in [0.2, 0.25) is 6.79 Å². The van der Waals surface area contributed by atoms with Crippen molar-refractivity contribution in [3.63, 3.8) is 0 Å². The first-order valence-corrected chi connectivity index (χ1v) is 6.30. The Morgan fingerprint density at radius 3 is 2.50 bits per heavy atom. The minimum atomic E-state index is 0.0693. The van der Waals surface area contributed by atoms with Gasteiger partial charge in [0.25, 0.3) is 0 Å². The monoisotopic (exact) mass is 251 g/mol. The Morgan fingerprint density at radius 2 is 1.89 bits per heavy atom. The van der Waals surface area contributed by atoms with Crippen LogP contribution in [0.1, 0.15) is 33.3 Å². The number of rotatable bonds is 4. The molecule has 1 aromatic carbocycles. The molecular weight excluding hydrogens is 230 g/mol. The van der Waals surface area contributed by atoms with Crippen molar-refractivity contribution in [1.82, 2.24) is 5.32 Å². The summed E-state index contributed by atoms with van der Waals surface area (Å²) >= 11 is 0. The second kappa shape index (κ2) is 5.06. The summed E-state index contributed by atoms with van der Waals surface area (Å²) in [4.78, 5) is 0. The molecule has 1 heterocycles. The Hall–Kier alpha value is -1.42. The SMILES string of the molecule is CCOc1cc2c(cc1CNC(C)(C)C)OCO2. The van der Waals surface area contributed by atoms with Crippen LogP contribution in [-0.4, -0.2) is 18.9 Å². The van der Waals surface area contributed by atoms with Gasteiger partial charge < -0.3 is 19.5 Å². The van der Waals surface area contributed by atoms with E-state index in [1.165, 1.54) is 0 Å². The number of ether oxygens (including phenoxy) is 3. The topological polar surface area (TPSA) is 39.7 Å². The largest absolute Gasteiger partial charge is 0.493 e. The molecule has 0 bridgehead atoms. The van der Waals surface area contributed by atoms with Crippen molar-refractivity contribution >= 4 is 0 Å². The van der Waals surface area contributed by atoms with Crippen LogP contribution < -0.4 is 19.5 Å². The third-order valence-corrected chi connectivity index (χ3v) is 2.66. The predicted molar refractivity (Wildman–Crippen MR) is 70.3 cm³/mol. The van der Waals surface area contributed by atoms with Gasteiger partial charge >= 0.3 is 0 Å². The molecule has 4 heteroatoms. The Bertz CT molecular complexity index is 424. The number of benzene rings is 1. The highest BCUT2D eigenvalue weighted by Gasteiger charge is 2.19. The molecule has 100 valence electrons. The van der Waals surface area contributed by atoms with Crippen molar-refractivity contribution < 1.29 is 14.2 Å². The van der Waals surface area contributed by atoms with Gasteiger partial charge in [-0.25, -0.2) is 0 Å². The Labute approximate surface area is 108 Å². The summed E-state index contributed by atoms with van der Waals surface area (Å²) in [6, 6.07) is 3.90. The molecule has 1 aliphatic rings. The lowest BCUT2D eigenvalue weighted by Gasteiger charge is -2.21. The molecule has 0 spiro atoms. The first-order valence-electron chi connectivity index (χ1n) is 6.30. The smallest absolute Gasteiger partial charge is 0.231 e. The van der Waals surface area contributed by atoms with E-state index in [-0.39, 0.29) is 12.3 Å². The van der Waals surface area contributed by atoms with Crippen LogP contribution >= 0.6 is 0 Å². The van der Waals surface area contributed by atoms with Crippen molar-refractivity contribution in [3.8, 4) is 17.2 Å². The summed E-state index contributed by atoms with van der Waals surface area (Å²) in [6.07, 6.45) is 0. The van der Waals surface area contributed by atoms with Gasteiger partial charge in [0.15, 0.2) is 11.5 Å². The van der Waals surface area contributed by atoms with Crippen LogP contribution in [-0.2, 0) is 6.54 Å². The van der Waals surface area contributed by atoms with E-state index < -0.39 is 0 Å². The van der Waals surface area contributed by atoms with E-state index in [4.69, 9.17) is 14.2 Å². The molecule has 0 saturated carbocycles. The number of fused-ring (bicyclic) bond motifs is 1. The van der Waals surface area contributed by atoms with Crippen LogP contribution in [0, 0.1) is 0 Å². The molecule has 0 fully saturated rings. The Balaban J connectivity index is 2.21. The zero-order valence-electron chi connectivity index (χ0n) is 11.5. The van der Waals surface area contributed by atoms with Crippen molar-refractivity contribution in [2.75, 3.05) is 13.4 Å². The zero-order chi connectivity index (χ0) is 13.2. The molecule has 4 nitrogen and oxygen atoms in total. The van der Waals surface area contributed by atoms with E-state index in [0.717, 1.165) is 29.4 Å². The van der Waals surface area contributed by atoms with Gasteiger partial charge in [0.05, 0.1) is 6.61 Å². The summed E-state index contributed by atoms with van der Waals surface area (Å²) in [5.41, 5.74) is 1.16. The molecule has 1 N–H and O–H groups in total. The highest BCUT2D eigenvalue weighted by atomic mass is 16.7. The zero-order valence-corrected chi connectivity index (χ0v) is 11.5. The van der Waals surface area contributed by atoms with E-state index in [0.29, 0.717) is 6.61 Å². The molecule has 0 saturated heterocycles. The van der Waals surface area contributed by atoms with Gasteiger partial charge in [0.1, 0.15) is 5.75 Å². The van der Waals surface area contributed by atoms with Crippen LogP contribution in [0.25, 0.3) is 0 Å². The maximum Gasteiger partial charge on any atom is 0.231 e. The van der Waals surface area contributed by atoms with E-state index >= 15 is 0 Å². The van der Waals surface area contributed by atoms with Crippen molar-refractivity contribution in [1.29, 1.82) is 0 Å². The summed E-state index contributed by atoms with van der Waals surface area (Å²) in [7, 11) is 0. The molecule has 18 heavy (non-hydrogen) atoms. The number of hydrogen-bond acceptors (Lipinski definition) is 4. The molecule has 2 rings (SSSR count). The van der Waals surface area contributed by atoms with Crippen molar-refractivity contribution in [2.45, 2.75) is 39.8 Å². The van der Waals surface area contributed by atoms with E-state index in [1.807, 2.05) is 19.1 Å². The quantitative estimate of drug-likeness (QED) is 0.893. The average Bonchev–Trinajstić information content (AvgIpc) is 2.72. The molecule has 0 radical (unpaired) electrons. The predicted octanol–water partition coefficient (Wildman–Crippen LogP) is 2.70. The summed E-state index contributed by atoms with van der Waals surface area (Å²) < 4.78 is 16.4. The molecule has 0 amide bonds. The van der Waals surface area contributed by atoms with E-state index in [1.54, 1.807) is 0 Å². The lowest BCUT2D eigenvalue weighted by Crippen LogP contribution is -2.35. The highest BCUT2D eigenvalue weighted by Crippen LogP contribution is 2.38. The molecule has 1 aromatic rings. The van der Waals surface area contributed by atoms with Crippen molar-refractivity contribution in [3.05, 3.63) is 17.7 Å². The van der Waals surface area contributed by atoms with Gasteiger partial charge in [-0.2, -0.15) is 0 Å². The highest BCUT2D eigenvalue weighted by molar-refractivity contribution is 5.51. The van der Waals surface area contributed by atoms with Crippen LogP contribution in [0.15, 0.2) is 12.1 Å². The van der Waals surface area contributed by atoms with E-state index in [9.17, 15) is 0 Å². The average molecular weight is 251 g/mol. The second-order valence-corrected chi connectivity index (χ2v) is 5.35. The van der Waals surface area contributed by atoms with Crippen LogP contribution in [0.5, 0.6) is 17.2 Å². The fourth-order valence-corrected chi connectivity index (χ4v) is 1.75. The maximum absolute atomic E-state index is 5.65. The van der Waals surface area contributed by atoms with Crippen LogP contribution in [0.2, 0.25) is 0 Å². The number of hydrogen-bond donors (Lipinski definition) is 1. The van der Waals surface area contributed by atoms with Gasteiger partial charge in [-0.3, -0.25) is 0 Å². The fourth-order valence-electron chi connectivity index (χ4n) is 1.75. The number of nitrogens with one attached hydrogen (secondary N) is 1. The summed E-state index contributed by atoms with van der Waals surface area (Å²) in [5.74, 6) is 2.42.